The zero-order chi connectivity index (χ0) is 17.7. The fourth-order valence-corrected chi connectivity index (χ4v) is 5.02. The zero-order valence-corrected chi connectivity index (χ0v) is 15.1. The summed E-state index contributed by atoms with van der Waals surface area (Å²) in [5.74, 6) is 4.00. The van der Waals surface area contributed by atoms with Crippen LogP contribution in [-0.4, -0.2) is 56.2 Å². The summed E-state index contributed by atoms with van der Waals surface area (Å²) in [5.41, 5.74) is 0. The molecule has 0 radical (unpaired) electrons. The van der Waals surface area contributed by atoms with E-state index in [-0.39, 0.29) is 0 Å². The van der Waals surface area contributed by atoms with E-state index in [0.29, 0.717) is 23.8 Å². The monoisotopic (exact) mass is 352 g/mol. The first-order valence-electron chi connectivity index (χ1n) is 9.57. The summed E-state index contributed by atoms with van der Waals surface area (Å²) in [6.45, 7) is 4.78. The Morgan fingerprint density at radius 3 is 2.88 bits per heavy atom. The molecule has 3 saturated heterocycles. The van der Waals surface area contributed by atoms with Crippen LogP contribution in [0.25, 0.3) is 5.82 Å². The molecule has 5 heterocycles. The van der Waals surface area contributed by atoms with Gasteiger partial charge in [0.1, 0.15) is 11.6 Å². The Morgan fingerprint density at radius 1 is 1.15 bits per heavy atom. The lowest BCUT2D eigenvalue weighted by molar-refractivity contribution is -0.142. The van der Waals surface area contributed by atoms with Crippen LogP contribution in [-0.2, 0) is 4.79 Å². The molecule has 0 aromatic carbocycles. The highest BCUT2D eigenvalue weighted by Gasteiger charge is 2.44. The van der Waals surface area contributed by atoms with Crippen molar-refractivity contribution in [1.82, 2.24) is 24.6 Å². The Morgan fingerprint density at radius 2 is 2.04 bits per heavy atom. The Hall–Kier alpha value is -2.44. The Bertz CT molecular complexity index is 819. The Labute approximate surface area is 153 Å². The number of aromatic nitrogens is 4. The number of amides is 1. The first kappa shape index (κ1) is 15.8. The predicted molar refractivity (Wildman–Crippen MR) is 97.1 cm³/mol. The second-order valence-corrected chi connectivity index (χ2v) is 7.85. The predicted octanol–water partition coefficient (Wildman–Crippen LogP) is 1.81. The Kier molecular flexibility index (Phi) is 3.69. The molecule has 7 heteroatoms. The number of carbonyl (C=O) groups is 1. The van der Waals surface area contributed by atoms with Gasteiger partial charge in [-0.15, -0.1) is 0 Å². The van der Waals surface area contributed by atoms with Gasteiger partial charge in [-0.2, -0.15) is 5.10 Å². The third-order valence-corrected chi connectivity index (χ3v) is 6.05. The van der Waals surface area contributed by atoms with E-state index in [4.69, 9.17) is 4.98 Å². The van der Waals surface area contributed by atoms with E-state index in [1.165, 1.54) is 6.42 Å². The average Bonchev–Trinajstić information content (AvgIpc) is 3.17. The van der Waals surface area contributed by atoms with E-state index in [2.05, 4.69) is 19.9 Å². The number of rotatable bonds is 2. The smallest absolute Gasteiger partial charge is 0.222 e. The highest BCUT2D eigenvalue weighted by atomic mass is 16.2. The normalized spacial score (nSPS) is 28.2. The van der Waals surface area contributed by atoms with E-state index in [0.717, 1.165) is 56.4 Å². The van der Waals surface area contributed by atoms with Gasteiger partial charge in [0.2, 0.25) is 5.91 Å². The first-order valence-corrected chi connectivity index (χ1v) is 9.57. The van der Waals surface area contributed by atoms with E-state index in [1.54, 1.807) is 10.9 Å². The lowest BCUT2D eigenvalue weighted by Gasteiger charge is -2.52. The van der Waals surface area contributed by atoms with Crippen molar-refractivity contribution in [3.8, 4) is 5.82 Å². The zero-order valence-electron chi connectivity index (χ0n) is 15.1. The van der Waals surface area contributed by atoms with Gasteiger partial charge in [0.05, 0.1) is 0 Å². The molecule has 2 aromatic heterocycles. The van der Waals surface area contributed by atoms with Crippen LogP contribution in [0.5, 0.6) is 0 Å². The standard InChI is InChI=1S/C19H24N6O/c1-13-21-17(9-18(22-13)25-7-3-6-20-25)23-10-14-8-15(12-23)16-4-2-5-19(26)24(16)11-14/h3,6-7,9,14-16H,2,4-5,8,10-12H2,1H3/t14-,15-,16+/m1/s1. The molecule has 5 rings (SSSR count). The molecule has 3 fully saturated rings. The highest BCUT2D eigenvalue weighted by molar-refractivity contribution is 5.77. The molecule has 0 saturated carbocycles. The molecule has 0 unspecified atom stereocenters. The number of anilines is 1. The van der Waals surface area contributed by atoms with E-state index in [9.17, 15) is 4.79 Å². The maximum Gasteiger partial charge on any atom is 0.222 e. The van der Waals surface area contributed by atoms with Crippen LogP contribution < -0.4 is 4.90 Å². The van der Waals surface area contributed by atoms with Crippen LogP contribution >= 0.6 is 0 Å². The molecule has 3 atom stereocenters. The number of piperidine rings is 3. The molecule has 26 heavy (non-hydrogen) atoms. The summed E-state index contributed by atoms with van der Waals surface area (Å²) in [7, 11) is 0. The number of carbonyl (C=O) groups excluding carboxylic acids is 1. The maximum absolute atomic E-state index is 12.3. The van der Waals surface area contributed by atoms with E-state index >= 15 is 0 Å². The molecule has 0 N–H and O–H groups in total. The number of hydrogen-bond acceptors (Lipinski definition) is 5. The van der Waals surface area contributed by atoms with Crippen molar-refractivity contribution in [2.24, 2.45) is 11.8 Å². The molecule has 2 bridgehead atoms. The Balaban J connectivity index is 1.43. The molecule has 0 spiro atoms. The average molecular weight is 352 g/mol. The van der Waals surface area contributed by atoms with Gasteiger partial charge >= 0.3 is 0 Å². The van der Waals surface area contributed by atoms with Gasteiger partial charge in [0.15, 0.2) is 5.82 Å². The van der Waals surface area contributed by atoms with Crippen LogP contribution in [0, 0.1) is 18.8 Å². The molecule has 3 aliphatic heterocycles. The molecule has 2 aromatic rings. The molecule has 7 nitrogen and oxygen atoms in total. The quantitative estimate of drug-likeness (QED) is 0.825. The van der Waals surface area contributed by atoms with Gasteiger partial charge in [-0.3, -0.25) is 4.79 Å². The van der Waals surface area contributed by atoms with Crippen LogP contribution in [0.15, 0.2) is 24.5 Å². The largest absolute Gasteiger partial charge is 0.356 e. The summed E-state index contributed by atoms with van der Waals surface area (Å²) in [4.78, 5) is 26.1. The molecular formula is C19H24N6O. The molecule has 0 aliphatic carbocycles. The molecule has 1 amide bonds. The minimum absolute atomic E-state index is 0.364. The minimum atomic E-state index is 0.364. The summed E-state index contributed by atoms with van der Waals surface area (Å²) in [6.07, 6.45) is 7.83. The van der Waals surface area contributed by atoms with Crippen molar-refractivity contribution in [2.45, 2.75) is 38.6 Å². The molecule has 136 valence electrons. The topological polar surface area (TPSA) is 67.2 Å². The van der Waals surface area contributed by atoms with Crippen LogP contribution in [0.2, 0.25) is 0 Å². The summed E-state index contributed by atoms with van der Waals surface area (Å²) in [5, 5.41) is 4.30. The van der Waals surface area contributed by atoms with Gasteiger partial charge in [-0.25, -0.2) is 14.6 Å². The summed E-state index contributed by atoms with van der Waals surface area (Å²) < 4.78 is 1.78. The lowest BCUT2D eigenvalue weighted by Crippen LogP contribution is -2.60. The third kappa shape index (κ3) is 2.66. The fourth-order valence-electron chi connectivity index (χ4n) is 5.02. The third-order valence-electron chi connectivity index (χ3n) is 6.05. The number of fused-ring (bicyclic) bond motifs is 4. The summed E-state index contributed by atoms with van der Waals surface area (Å²) >= 11 is 0. The van der Waals surface area contributed by atoms with Crippen LogP contribution in [0.4, 0.5) is 5.82 Å². The van der Waals surface area contributed by atoms with E-state index in [1.807, 2.05) is 25.3 Å². The lowest BCUT2D eigenvalue weighted by atomic mass is 9.76. The number of aryl methyl sites for hydroxylation is 1. The minimum Gasteiger partial charge on any atom is -0.356 e. The van der Waals surface area contributed by atoms with Crippen LogP contribution in [0.1, 0.15) is 31.5 Å². The van der Waals surface area contributed by atoms with Crippen LogP contribution in [0.3, 0.4) is 0 Å². The molecular weight excluding hydrogens is 328 g/mol. The van der Waals surface area contributed by atoms with Crippen molar-refractivity contribution >= 4 is 11.7 Å². The number of hydrogen-bond donors (Lipinski definition) is 0. The first-order chi connectivity index (χ1) is 12.7. The molecule has 3 aliphatic rings. The van der Waals surface area contributed by atoms with Crippen molar-refractivity contribution in [3.63, 3.8) is 0 Å². The SMILES string of the molecule is Cc1nc(N2C[C@H]3C[C@H](C2)[C@@H]2CCCC(=O)N2C3)cc(-n2cccn2)n1. The number of nitrogens with zero attached hydrogens (tertiary/aromatic N) is 6. The second kappa shape index (κ2) is 6.07. The van der Waals surface area contributed by atoms with Crippen molar-refractivity contribution in [2.75, 3.05) is 24.5 Å². The fraction of sp³-hybridized carbons (Fsp3) is 0.579. The van der Waals surface area contributed by atoms with Crippen molar-refractivity contribution in [1.29, 1.82) is 0 Å². The van der Waals surface area contributed by atoms with Gasteiger partial charge in [0, 0.05) is 50.6 Å². The van der Waals surface area contributed by atoms with Gasteiger partial charge in [-0.05, 0) is 44.1 Å². The maximum atomic E-state index is 12.3. The highest BCUT2D eigenvalue weighted by Crippen LogP contribution is 2.39. The van der Waals surface area contributed by atoms with Crippen molar-refractivity contribution in [3.05, 3.63) is 30.4 Å². The summed E-state index contributed by atoms with van der Waals surface area (Å²) in [6, 6.07) is 4.35. The van der Waals surface area contributed by atoms with Gasteiger partial charge in [0.25, 0.3) is 0 Å². The second-order valence-electron chi connectivity index (χ2n) is 7.85. The van der Waals surface area contributed by atoms with Gasteiger partial charge < -0.3 is 9.80 Å². The van der Waals surface area contributed by atoms with Crippen molar-refractivity contribution < 1.29 is 4.79 Å². The van der Waals surface area contributed by atoms with Gasteiger partial charge in [-0.1, -0.05) is 0 Å². The van der Waals surface area contributed by atoms with E-state index < -0.39 is 0 Å².